The summed E-state index contributed by atoms with van der Waals surface area (Å²) in [6.45, 7) is 6.44. The second-order valence-electron chi connectivity index (χ2n) is 4.58. The van der Waals surface area contributed by atoms with Gasteiger partial charge in [-0.25, -0.2) is 9.59 Å². The number of hydrogen-bond acceptors (Lipinski definition) is 8. The first kappa shape index (κ1) is 22.6. The highest BCUT2D eigenvalue weighted by Crippen LogP contribution is 2.23. The summed E-state index contributed by atoms with van der Waals surface area (Å²) in [4.78, 5) is 45.8. The van der Waals surface area contributed by atoms with Gasteiger partial charge in [0.25, 0.3) is 0 Å². The van der Waals surface area contributed by atoms with Gasteiger partial charge >= 0.3 is 11.9 Å². The fourth-order valence-corrected chi connectivity index (χ4v) is 3.84. The Bertz CT molecular complexity index is 407. The van der Waals surface area contributed by atoms with E-state index in [-0.39, 0.29) is 36.5 Å². The number of rotatable bonds is 11. The minimum absolute atomic E-state index is 0.222. The Morgan fingerprint density at radius 3 is 1.38 bits per heavy atom. The SMILES string of the molecule is CCOC(=O)[C@@H](CSSC[C@@H](NC(C)=O)C(=O)OCC)NC(C)=O. The molecule has 0 aromatic heterocycles. The van der Waals surface area contributed by atoms with E-state index in [1.165, 1.54) is 35.4 Å². The van der Waals surface area contributed by atoms with Crippen LogP contribution in [0.1, 0.15) is 27.7 Å². The van der Waals surface area contributed by atoms with Crippen LogP contribution >= 0.6 is 21.6 Å². The molecule has 138 valence electrons. The molecule has 0 fully saturated rings. The summed E-state index contributed by atoms with van der Waals surface area (Å²) >= 11 is 0. The van der Waals surface area contributed by atoms with Crippen LogP contribution in [0.25, 0.3) is 0 Å². The zero-order valence-electron chi connectivity index (χ0n) is 14.2. The molecule has 0 spiro atoms. The third-order valence-corrected chi connectivity index (χ3v) is 4.87. The maximum atomic E-state index is 11.8. The maximum absolute atomic E-state index is 11.8. The van der Waals surface area contributed by atoms with Gasteiger partial charge in [0.05, 0.1) is 13.2 Å². The molecule has 2 atom stereocenters. The van der Waals surface area contributed by atoms with Crippen LogP contribution in [0.3, 0.4) is 0 Å². The number of carbonyl (C=O) groups is 4. The van der Waals surface area contributed by atoms with Gasteiger partial charge < -0.3 is 20.1 Å². The Morgan fingerprint density at radius 2 is 1.12 bits per heavy atom. The van der Waals surface area contributed by atoms with Crippen molar-refractivity contribution < 1.29 is 28.7 Å². The molecule has 0 saturated heterocycles. The molecule has 0 rings (SSSR count). The molecular formula is C14H24N2O6S2. The molecule has 0 unspecified atom stereocenters. The predicted molar refractivity (Wildman–Crippen MR) is 93.4 cm³/mol. The van der Waals surface area contributed by atoms with E-state index in [2.05, 4.69) is 10.6 Å². The number of hydrogen-bond donors (Lipinski definition) is 2. The second kappa shape index (κ2) is 12.9. The predicted octanol–water partition coefficient (Wildman–Crippen LogP) is 0.503. The van der Waals surface area contributed by atoms with Gasteiger partial charge in [-0.3, -0.25) is 9.59 Å². The minimum Gasteiger partial charge on any atom is -0.464 e. The fourth-order valence-electron chi connectivity index (χ4n) is 1.55. The van der Waals surface area contributed by atoms with E-state index in [9.17, 15) is 19.2 Å². The molecule has 0 aromatic rings. The summed E-state index contributed by atoms with van der Waals surface area (Å²) < 4.78 is 9.80. The molecule has 2 N–H and O–H groups in total. The summed E-state index contributed by atoms with van der Waals surface area (Å²) in [5.41, 5.74) is 0. The van der Waals surface area contributed by atoms with E-state index in [4.69, 9.17) is 9.47 Å². The number of nitrogens with one attached hydrogen (secondary N) is 2. The Labute approximate surface area is 149 Å². The molecule has 0 bridgehead atoms. The average Bonchev–Trinajstić information content (AvgIpc) is 2.48. The summed E-state index contributed by atoms with van der Waals surface area (Å²) in [5, 5.41) is 5.04. The lowest BCUT2D eigenvalue weighted by molar-refractivity contribution is -0.147. The minimum atomic E-state index is -0.762. The Hall–Kier alpha value is -1.42. The topological polar surface area (TPSA) is 111 Å². The first-order chi connectivity index (χ1) is 11.3. The molecule has 0 radical (unpaired) electrons. The lowest BCUT2D eigenvalue weighted by Gasteiger charge is -2.17. The van der Waals surface area contributed by atoms with Crippen LogP contribution in [0, 0.1) is 0 Å². The quantitative estimate of drug-likeness (QED) is 0.303. The molecule has 0 aromatic carbocycles. The maximum Gasteiger partial charge on any atom is 0.329 e. The molecule has 0 aliphatic heterocycles. The lowest BCUT2D eigenvalue weighted by atomic mass is 10.3. The van der Waals surface area contributed by atoms with Crippen molar-refractivity contribution in [1.82, 2.24) is 10.6 Å². The van der Waals surface area contributed by atoms with Gasteiger partial charge in [0.1, 0.15) is 12.1 Å². The molecular weight excluding hydrogens is 356 g/mol. The Morgan fingerprint density at radius 1 is 0.792 bits per heavy atom. The molecule has 8 nitrogen and oxygen atoms in total. The van der Waals surface area contributed by atoms with E-state index >= 15 is 0 Å². The molecule has 0 saturated carbocycles. The van der Waals surface area contributed by atoms with Crippen molar-refractivity contribution in [2.75, 3.05) is 24.7 Å². The van der Waals surface area contributed by atoms with Crippen LogP contribution in [0.5, 0.6) is 0 Å². The second-order valence-corrected chi connectivity index (χ2v) is 7.13. The lowest BCUT2D eigenvalue weighted by Crippen LogP contribution is -2.43. The first-order valence-electron chi connectivity index (χ1n) is 7.43. The van der Waals surface area contributed by atoms with Gasteiger partial charge in [-0.15, -0.1) is 0 Å². The smallest absolute Gasteiger partial charge is 0.329 e. The van der Waals surface area contributed by atoms with Crippen molar-refractivity contribution in [2.24, 2.45) is 0 Å². The van der Waals surface area contributed by atoms with Gasteiger partial charge in [-0.1, -0.05) is 21.6 Å². The van der Waals surface area contributed by atoms with E-state index in [1.54, 1.807) is 13.8 Å². The van der Waals surface area contributed by atoms with Crippen molar-refractivity contribution >= 4 is 45.3 Å². The third-order valence-electron chi connectivity index (χ3n) is 2.45. The highest BCUT2D eigenvalue weighted by atomic mass is 33.1. The number of esters is 2. The molecule has 2 amide bonds. The van der Waals surface area contributed by atoms with Gasteiger partial charge in [-0.2, -0.15) is 0 Å². The monoisotopic (exact) mass is 380 g/mol. The highest BCUT2D eigenvalue weighted by molar-refractivity contribution is 8.76. The zero-order chi connectivity index (χ0) is 18.5. The van der Waals surface area contributed by atoms with E-state index in [0.29, 0.717) is 0 Å². The van der Waals surface area contributed by atoms with Crippen LogP contribution in [0.4, 0.5) is 0 Å². The molecule has 24 heavy (non-hydrogen) atoms. The first-order valence-corrected chi connectivity index (χ1v) is 9.92. The van der Waals surface area contributed by atoms with Crippen LogP contribution < -0.4 is 10.6 Å². The van der Waals surface area contributed by atoms with Crippen molar-refractivity contribution in [3.05, 3.63) is 0 Å². The van der Waals surface area contributed by atoms with Crippen molar-refractivity contribution in [1.29, 1.82) is 0 Å². The van der Waals surface area contributed by atoms with Crippen LogP contribution in [0.2, 0.25) is 0 Å². The summed E-state index contributed by atoms with van der Waals surface area (Å²) in [6, 6.07) is -1.52. The standard InChI is InChI=1S/C14H24N2O6S2/c1-5-21-13(19)11(15-9(3)17)7-23-24-8-12(16-10(4)18)14(20)22-6-2/h11-12H,5-8H2,1-4H3,(H,15,17)(H,16,18)/t11-,12-/m1/s1. The molecule has 0 heterocycles. The van der Waals surface area contributed by atoms with E-state index < -0.39 is 24.0 Å². The fraction of sp³-hybridized carbons (Fsp3) is 0.714. The average molecular weight is 380 g/mol. The third kappa shape index (κ3) is 10.4. The van der Waals surface area contributed by atoms with Crippen molar-refractivity contribution in [2.45, 2.75) is 39.8 Å². The zero-order valence-corrected chi connectivity index (χ0v) is 15.9. The largest absolute Gasteiger partial charge is 0.464 e. The summed E-state index contributed by atoms with van der Waals surface area (Å²) in [6.07, 6.45) is 0. The van der Waals surface area contributed by atoms with E-state index in [1.807, 2.05) is 0 Å². The van der Waals surface area contributed by atoms with Crippen LogP contribution in [-0.2, 0) is 28.7 Å². The normalized spacial score (nSPS) is 12.7. The molecule has 0 aliphatic carbocycles. The van der Waals surface area contributed by atoms with Crippen LogP contribution in [0.15, 0.2) is 0 Å². The Kier molecular flexibility index (Phi) is 12.2. The number of amides is 2. The number of carbonyl (C=O) groups excluding carboxylic acids is 4. The van der Waals surface area contributed by atoms with Crippen molar-refractivity contribution in [3.8, 4) is 0 Å². The van der Waals surface area contributed by atoms with Gasteiger partial charge in [0.2, 0.25) is 11.8 Å². The molecule has 10 heteroatoms. The molecule has 0 aliphatic rings. The van der Waals surface area contributed by atoms with Crippen LogP contribution in [-0.4, -0.2) is 60.6 Å². The highest BCUT2D eigenvalue weighted by Gasteiger charge is 2.23. The summed E-state index contributed by atoms with van der Waals surface area (Å²) in [7, 11) is 2.58. The van der Waals surface area contributed by atoms with Crippen molar-refractivity contribution in [3.63, 3.8) is 0 Å². The van der Waals surface area contributed by atoms with Gasteiger partial charge in [0, 0.05) is 25.4 Å². The summed E-state index contributed by atoms with van der Waals surface area (Å²) in [5.74, 6) is -1.13. The number of ether oxygens (including phenoxy) is 2. The van der Waals surface area contributed by atoms with E-state index in [0.717, 1.165) is 0 Å². The van der Waals surface area contributed by atoms with Gasteiger partial charge in [0.15, 0.2) is 0 Å². The Balaban J connectivity index is 4.44. The van der Waals surface area contributed by atoms with Gasteiger partial charge in [-0.05, 0) is 13.8 Å².